The number of benzene rings is 2. The van der Waals surface area contributed by atoms with E-state index in [1.807, 2.05) is 6.07 Å². The summed E-state index contributed by atoms with van der Waals surface area (Å²) < 4.78 is 13.6. The summed E-state index contributed by atoms with van der Waals surface area (Å²) in [6.07, 6.45) is 1.69. The highest BCUT2D eigenvalue weighted by atomic mass is 19.1. The lowest BCUT2D eigenvalue weighted by Crippen LogP contribution is -3.11. The first-order valence-corrected chi connectivity index (χ1v) is 8.20. The molecule has 2 aromatic carbocycles. The van der Waals surface area contributed by atoms with Gasteiger partial charge in [-0.2, -0.15) is 5.10 Å². The van der Waals surface area contributed by atoms with Gasteiger partial charge in [0.15, 0.2) is 0 Å². The van der Waals surface area contributed by atoms with E-state index in [0.29, 0.717) is 0 Å². The number of quaternary nitrogens is 1. The molecule has 1 aliphatic rings. The minimum absolute atomic E-state index is 0.0222. The summed E-state index contributed by atoms with van der Waals surface area (Å²) in [5, 5.41) is 4.18. The van der Waals surface area contributed by atoms with Gasteiger partial charge in [-0.3, -0.25) is 4.79 Å². The number of likely N-dealkylation sites (tertiary alicyclic amines) is 1. The van der Waals surface area contributed by atoms with E-state index < -0.39 is 11.7 Å². The van der Waals surface area contributed by atoms with Gasteiger partial charge in [-0.1, -0.05) is 42.5 Å². The largest absolute Gasteiger partial charge is 0.331 e. The normalized spacial score (nSPS) is 17.4. The van der Waals surface area contributed by atoms with Gasteiger partial charge in [-0.25, -0.2) is 9.82 Å². The van der Waals surface area contributed by atoms with Crippen LogP contribution in [0.4, 0.5) is 4.39 Å². The Morgan fingerprint density at radius 1 is 1.04 bits per heavy atom. The second kappa shape index (κ2) is 7.84. The summed E-state index contributed by atoms with van der Waals surface area (Å²) >= 11 is 0. The number of hydrogen-bond acceptors (Lipinski definition) is 2. The topological polar surface area (TPSA) is 45.9 Å². The van der Waals surface area contributed by atoms with Gasteiger partial charge >= 0.3 is 0 Å². The summed E-state index contributed by atoms with van der Waals surface area (Å²) in [4.78, 5) is 13.5. The fourth-order valence-corrected chi connectivity index (χ4v) is 2.90. The number of nitrogens with zero attached hydrogens (tertiary/aromatic N) is 1. The van der Waals surface area contributed by atoms with Crippen LogP contribution in [0.3, 0.4) is 0 Å². The van der Waals surface area contributed by atoms with Crippen LogP contribution in [0.1, 0.15) is 28.8 Å². The maximum absolute atomic E-state index is 13.6. The zero-order chi connectivity index (χ0) is 16.8. The van der Waals surface area contributed by atoms with Crippen molar-refractivity contribution in [3.8, 4) is 0 Å². The quantitative estimate of drug-likeness (QED) is 0.827. The molecule has 1 amide bonds. The van der Waals surface area contributed by atoms with Crippen molar-refractivity contribution >= 4 is 11.6 Å². The Labute approximate surface area is 141 Å². The van der Waals surface area contributed by atoms with E-state index in [4.69, 9.17) is 0 Å². The van der Waals surface area contributed by atoms with E-state index in [1.165, 1.54) is 22.6 Å². The van der Waals surface area contributed by atoms with Gasteiger partial charge < -0.3 is 4.90 Å². The lowest BCUT2D eigenvalue weighted by atomic mass is 10.1. The smallest absolute Gasteiger partial charge is 0.274 e. The molecule has 124 valence electrons. The number of halogens is 1. The molecule has 0 atom stereocenters. The Kier molecular flexibility index (Phi) is 5.33. The molecule has 1 fully saturated rings. The number of carbonyl (C=O) groups excluding carboxylic acids is 1. The van der Waals surface area contributed by atoms with Crippen LogP contribution in [0.5, 0.6) is 0 Å². The molecule has 5 heteroatoms. The molecule has 2 aromatic rings. The van der Waals surface area contributed by atoms with Crippen LogP contribution in [0.25, 0.3) is 0 Å². The lowest BCUT2D eigenvalue weighted by molar-refractivity contribution is -0.914. The lowest BCUT2D eigenvalue weighted by Gasteiger charge is -2.24. The second-order valence-electron chi connectivity index (χ2n) is 6.01. The van der Waals surface area contributed by atoms with Gasteiger partial charge in [0.05, 0.1) is 18.7 Å². The highest BCUT2D eigenvalue weighted by molar-refractivity contribution is 5.95. The van der Waals surface area contributed by atoms with Crippen LogP contribution in [-0.4, -0.2) is 24.7 Å². The summed E-state index contributed by atoms with van der Waals surface area (Å²) in [6, 6.07) is 16.4. The average molecular weight is 326 g/mol. The number of hydrazone groups is 1. The minimum atomic E-state index is -0.530. The molecule has 0 radical (unpaired) electrons. The molecule has 0 unspecified atom stereocenters. The first-order valence-electron chi connectivity index (χ1n) is 8.20. The molecule has 24 heavy (non-hydrogen) atoms. The van der Waals surface area contributed by atoms with Crippen LogP contribution in [0.15, 0.2) is 59.7 Å². The van der Waals surface area contributed by atoms with Gasteiger partial charge in [-0.15, -0.1) is 0 Å². The van der Waals surface area contributed by atoms with E-state index in [0.717, 1.165) is 38.2 Å². The molecule has 0 aliphatic carbocycles. The van der Waals surface area contributed by atoms with Gasteiger partial charge in [0.2, 0.25) is 0 Å². The van der Waals surface area contributed by atoms with Gasteiger partial charge in [0, 0.05) is 24.1 Å². The van der Waals surface area contributed by atoms with Crippen LogP contribution in [0.2, 0.25) is 0 Å². The Balaban J connectivity index is 1.50. The number of hydrogen-bond donors (Lipinski definition) is 2. The molecular formula is C19H21FN3O+. The van der Waals surface area contributed by atoms with Crippen molar-refractivity contribution in [1.29, 1.82) is 0 Å². The molecule has 0 spiro atoms. The number of amides is 1. The van der Waals surface area contributed by atoms with Crippen molar-refractivity contribution in [3.05, 3.63) is 71.5 Å². The van der Waals surface area contributed by atoms with Gasteiger partial charge in [0.1, 0.15) is 12.4 Å². The molecule has 0 saturated carbocycles. The monoisotopic (exact) mass is 326 g/mol. The molecule has 4 nitrogen and oxygen atoms in total. The molecular weight excluding hydrogens is 305 g/mol. The van der Waals surface area contributed by atoms with E-state index >= 15 is 0 Å². The van der Waals surface area contributed by atoms with Crippen LogP contribution in [0, 0.1) is 5.82 Å². The van der Waals surface area contributed by atoms with Crippen molar-refractivity contribution in [3.63, 3.8) is 0 Å². The van der Waals surface area contributed by atoms with Gasteiger partial charge in [-0.05, 0) is 12.1 Å². The standard InChI is InChI=1S/C19H20FN3O/c20-18-9-5-4-8-17(18)19(24)22-21-16-10-12-23(13-11-16)14-15-6-2-1-3-7-15/h1-9H,10-14H2,(H,22,24)/p+1. The summed E-state index contributed by atoms with van der Waals surface area (Å²) in [7, 11) is 0. The van der Waals surface area contributed by atoms with Gasteiger partial charge in [0.25, 0.3) is 5.91 Å². The molecule has 1 saturated heterocycles. The van der Waals surface area contributed by atoms with Crippen molar-refractivity contribution in [2.24, 2.45) is 5.10 Å². The number of piperidine rings is 1. The second-order valence-corrected chi connectivity index (χ2v) is 6.01. The van der Waals surface area contributed by atoms with Crippen molar-refractivity contribution in [1.82, 2.24) is 5.43 Å². The summed E-state index contributed by atoms with van der Waals surface area (Å²) in [5.41, 5.74) is 4.80. The zero-order valence-corrected chi connectivity index (χ0v) is 13.5. The van der Waals surface area contributed by atoms with E-state index in [1.54, 1.807) is 12.1 Å². The SMILES string of the molecule is O=C(NN=C1CC[NH+](Cc2ccccc2)CC1)c1ccccc1F. The Bertz CT molecular complexity index is 720. The van der Waals surface area contributed by atoms with E-state index in [9.17, 15) is 9.18 Å². The summed E-state index contributed by atoms with van der Waals surface area (Å²) in [5.74, 6) is -1.03. The van der Waals surface area contributed by atoms with Crippen LogP contribution < -0.4 is 10.3 Å². The fourth-order valence-electron chi connectivity index (χ4n) is 2.90. The maximum atomic E-state index is 13.6. The maximum Gasteiger partial charge on any atom is 0.274 e. The molecule has 0 bridgehead atoms. The number of rotatable bonds is 4. The highest BCUT2D eigenvalue weighted by Crippen LogP contribution is 2.06. The Morgan fingerprint density at radius 2 is 1.71 bits per heavy atom. The predicted octanol–water partition coefficient (Wildman–Crippen LogP) is 1.79. The average Bonchev–Trinajstić information content (AvgIpc) is 2.62. The number of carbonyl (C=O) groups is 1. The molecule has 0 aromatic heterocycles. The zero-order valence-electron chi connectivity index (χ0n) is 13.5. The third-order valence-electron chi connectivity index (χ3n) is 4.27. The van der Waals surface area contributed by atoms with Crippen LogP contribution in [-0.2, 0) is 6.54 Å². The molecule has 2 N–H and O–H groups in total. The van der Waals surface area contributed by atoms with Crippen molar-refractivity contribution in [2.45, 2.75) is 19.4 Å². The number of nitrogens with one attached hydrogen (secondary N) is 2. The van der Waals surface area contributed by atoms with Crippen molar-refractivity contribution in [2.75, 3.05) is 13.1 Å². The first kappa shape index (κ1) is 16.3. The van der Waals surface area contributed by atoms with E-state index in [-0.39, 0.29) is 5.56 Å². The van der Waals surface area contributed by atoms with Crippen LogP contribution >= 0.6 is 0 Å². The first-order chi connectivity index (χ1) is 11.7. The Morgan fingerprint density at radius 3 is 2.42 bits per heavy atom. The predicted molar refractivity (Wildman–Crippen MR) is 91.4 cm³/mol. The summed E-state index contributed by atoms with van der Waals surface area (Å²) in [6.45, 7) is 2.99. The fraction of sp³-hybridized carbons (Fsp3) is 0.263. The third kappa shape index (κ3) is 4.26. The molecule has 3 rings (SSSR count). The molecule has 1 aliphatic heterocycles. The Hall–Kier alpha value is -2.53. The minimum Gasteiger partial charge on any atom is -0.331 e. The highest BCUT2D eigenvalue weighted by Gasteiger charge is 2.19. The molecule has 1 heterocycles. The van der Waals surface area contributed by atoms with Crippen molar-refractivity contribution < 1.29 is 14.1 Å². The third-order valence-corrected chi connectivity index (χ3v) is 4.27. The van der Waals surface area contributed by atoms with E-state index in [2.05, 4.69) is 34.8 Å².